The van der Waals surface area contributed by atoms with Gasteiger partial charge in [0.25, 0.3) is 11.5 Å². The van der Waals surface area contributed by atoms with Gasteiger partial charge in [0.15, 0.2) is 5.69 Å². The molecule has 2 aromatic rings. The number of aliphatic hydroxyl groups excluding tert-OH is 1. The number of aliphatic hydroxyl groups is 1. The third-order valence-electron chi connectivity index (χ3n) is 2.68. The number of nitrogens with zero attached hydrogens (tertiary/aromatic N) is 2. The third-order valence-corrected chi connectivity index (χ3v) is 2.68. The standard InChI is InChI=1S/C12H13N3O3/c1-15(6-7-16)12(18)10-8-4-2-3-5-9(8)11(17)14-13-10/h2-5,16H,6-7H2,1H3,(H,14,17). The van der Waals surface area contributed by atoms with Crippen LogP contribution in [0.2, 0.25) is 0 Å². The Morgan fingerprint density at radius 3 is 2.72 bits per heavy atom. The van der Waals surface area contributed by atoms with Gasteiger partial charge in [-0.2, -0.15) is 5.10 Å². The molecule has 0 unspecified atom stereocenters. The maximum absolute atomic E-state index is 12.1. The fourth-order valence-corrected chi connectivity index (χ4v) is 1.71. The lowest BCUT2D eigenvalue weighted by molar-refractivity contribution is 0.0762. The number of carbonyl (C=O) groups excluding carboxylic acids is 1. The number of amides is 1. The molecule has 0 aliphatic carbocycles. The van der Waals surface area contributed by atoms with Crippen molar-refractivity contribution in [2.45, 2.75) is 0 Å². The summed E-state index contributed by atoms with van der Waals surface area (Å²) >= 11 is 0. The molecule has 1 aromatic heterocycles. The number of aromatic amines is 1. The number of likely N-dealkylation sites (N-methyl/N-ethyl adjacent to an activating group) is 1. The number of carbonyl (C=O) groups is 1. The first-order valence-corrected chi connectivity index (χ1v) is 5.49. The van der Waals surface area contributed by atoms with Crippen molar-refractivity contribution in [3.63, 3.8) is 0 Å². The zero-order valence-corrected chi connectivity index (χ0v) is 9.88. The maximum atomic E-state index is 12.1. The second kappa shape index (κ2) is 4.97. The molecule has 2 rings (SSSR count). The number of rotatable bonds is 3. The first-order chi connectivity index (χ1) is 8.65. The van der Waals surface area contributed by atoms with Gasteiger partial charge in [-0.1, -0.05) is 18.2 Å². The van der Waals surface area contributed by atoms with Gasteiger partial charge in [-0.3, -0.25) is 9.59 Å². The molecule has 0 fully saturated rings. The molecule has 6 nitrogen and oxygen atoms in total. The molecule has 94 valence electrons. The van der Waals surface area contributed by atoms with E-state index in [9.17, 15) is 9.59 Å². The molecule has 2 N–H and O–H groups in total. The molecule has 0 saturated heterocycles. The van der Waals surface area contributed by atoms with Gasteiger partial charge in [0.05, 0.1) is 12.0 Å². The van der Waals surface area contributed by atoms with Crippen LogP contribution in [0.15, 0.2) is 29.1 Å². The SMILES string of the molecule is CN(CCO)C(=O)c1n[nH]c(=O)c2ccccc12. The van der Waals surface area contributed by atoms with E-state index in [0.29, 0.717) is 10.8 Å². The average Bonchev–Trinajstić information content (AvgIpc) is 2.39. The predicted octanol–water partition coefficient (Wildman–Crippen LogP) is -0.0126. The van der Waals surface area contributed by atoms with Gasteiger partial charge in [0, 0.05) is 19.0 Å². The highest BCUT2D eigenvalue weighted by Crippen LogP contribution is 2.13. The molecule has 0 radical (unpaired) electrons. The van der Waals surface area contributed by atoms with Crippen molar-refractivity contribution >= 4 is 16.7 Å². The molecule has 0 saturated carbocycles. The van der Waals surface area contributed by atoms with Crippen molar-refractivity contribution in [3.05, 3.63) is 40.3 Å². The van der Waals surface area contributed by atoms with E-state index >= 15 is 0 Å². The smallest absolute Gasteiger partial charge is 0.274 e. The molecule has 0 aliphatic heterocycles. The molecular formula is C12H13N3O3. The first kappa shape index (κ1) is 12.3. The van der Waals surface area contributed by atoms with Crippen LogP contribution >= 0.6 is 0 Å². The van der Waals surface area contributed by atoms with Crippen LogP contribution in [-0.4, -0.2) is 46.3 Å². The minimum Gasteiger partial charge on any atom is -0.395 e. The molecule has 0 atom stereocenters. The van der Waals surface area contributed by atoms with Crippen molar-refractivity contribution in [2.24, 2.45) is 0 Å². The van der Waals surface area contributed by atoms with Crippen LogP contribution in [0.1, 0.15) is 10.5 Å². The average molecular weight is 247 g/mol. The van der Waals surface area contributed by atoms with E-state index in [1.807, 2.05) is 0 Å². The summed E-state index contributed by atoms with van der Waals surface area (Å²) in [6.45, 7) is 0.0947. The Labute approximate surface area is 103 Å². The highest BCUT2D eigenvalue weighted by Gasteiger charge is 2.17. The van der Waals surface area contributed by atoms with E-state index in [0.717, 1.165) is 0 Å². The minimum absolute atomic E-state index is 0.122. The van der Waals surface area contributed by atoms with Crippen LogP contribution < -0.4 is 5.56 Å². The summed E-state index contributed by atoms with van der Waals surface area (Å²) in [7, 11) is 1.57. The quantitative estimate of drug-likeness (QED) is 0.798. The largest absolute Gasteiger partial charge is 0.395 e. The van der Waals surface area contributed by atoms with E-state index in [1.165, 1.54) is 4.90 Å². The monoisotopic (exact) mass is 247 g/mol. The van der Waals surface area contributed by atoms with Crippen LogP contribution in [0.5, 0.6) is 0 Å². The van der Waals surface area contributed by atoms with Crippen LogP contribution in [0.4, 0.5) is 0 Å². The van der Waals surface area contributed by atoms with Crippen LogP contribution in [0.3, 0.4) is 0 Å². The summed E-state index contributed by atoms with van der Waals surface area (Å²) in [6.07, 6.45) is 0. The normalized spacial score (nSPS) is 10.6. The summed E-state index contributed by atoms with van der Waals surface area (Å²) in [6, 6.07) is 6.78. The van der Waals surface area contributed by atoms with E-state index < -0.39 is 0 Å². The fourth-order valence-electron chi connectivity index (χ4n) is 1.71. The summed E-state index contributed by atoms with van der Waals surface area (Å²) in [4.78, 5) is 25.0. The fraction of sp³-hybridized carbons (Fsp3) is 0.250. The van der Waals surface area contributed by atoms with E-state index in [-0.39, 0.29) is 30.3 Å². The molecule has 0 aliphatic rings. The zero-order valence-electron chi connectivity index (χ0n) is 9.88. The Hall–Kier alpha value is -2.21. The summed E-state index contributed by atoms with van der Waals surface area (Å²) < 4.78 is 0. The van der Waals surface area contributed by atoms with Gasteiger partial charge in [0.2, 0.25) is 0 Å². The van der Waals surface area contributed by atoms with Gasteiger partial charge in [-0.05, 0) is 6.07 Å². The summed E-state index contributed by atoms with van der Waals surface area (Å²) in [5.74, 6) is -0.337. The highest BCUT2D eigenvalue weighted by molar-refractivity contribution is 6.04. The molecule has 1 aromatic carbocycles. The summed E-state index contributed by atoms with van der Waals surface area (Å²) in [5.41, 5.74) is -0.145. The number of benzene rings is 1. The second-order valence-electron chi connectivity index (χ2n) is 3.90. The van der Waals surface area contributed by atoms with Gasteiger partial charge < -0.3 is 10.0 Å². The van der Waals surface area contributed by atoms with Crippen molar-refractivity contribution in [2.75, 3.05) is 20.2 Å². The van der Waals surface area contributed by atoms with Crippen LogP contribution in [-0.2, 0) is 0 Å². The van der Waals surface area contributed by atoms with Crippen molar-refractivity contribution in [3.8, 4) is 0 Å². The van der Waals surface area contributed by atoms with Crippen LogP contribution in [0.25, 0.3) is 10.8 Å². The summed E-state index contributed by atoms with van der Waals surface area (Å²) in [5, 5.41) is 15.9. The lowest BCUT2D eigenvalue weighted by Gasteiger charge is -2.15. The second-order valence-corrected chi connectivity index (χ2v) is 3.90. The van der Waals surface area contributed by atoms with E-state index in [2.05, 4.69) is 10.2 Å². The number of nitrogens with one attached hydrogen (secondary N) is 1. The van der Waals surface area contributed by atoms with Crippen molar-refractivity contribution in [1.82, 2.24) is 15.1 Å². The number of aromatic nitrogens is 2. The van der Waals surface area contributed by atoms with Gasteiger partial charge in [-0.25, -0.2) is 5.10 Å². The van der Waals surface area contributed by atoms with Gasteiger partial charge in [0.1, 0.15) is 0 Å². The minimum atomic E-state index is -0.337. The van der Waals surface area contributed by atoms with E-state index in [4.69, 9.17) is 5.11 Å². The van der Waals surface area contributed by atoms with Gasteiger partial charge >= 0.3 is 0 Å². The molecular weight excluding hydrogens is 234 g/mol. The first-order valence-electron chi connectivity index (χ1n) is 5.49. The molecule has 0 spiro atoms. The Bertz CT molecular complexity index is 636. The number of H-pyrrole nitrogens is 1. The Morgan fingerprint density at radius 1 is 1.39 bits per heavy atom. The number of hydrogen-bond acceptors (Lipinski definition) is 4. The molecule has 6 heteroatoms. The molecule has 18 heavy (non-hydrogen) atoms. The number of hydrogen-bond donors (Lipinski definition) is 2. The molecule has 0 bridgehead atoms. The Morgan fingerprint density at radius 2 is 2.06 bits per heavy atom. The van der Waals surface area contributed by atoms with Gasteiger partial charge in [-0.15, -0.1) is 0 Å². The molecule has 1 amide bonds. The molecule has 1 heterocycles. The van der Waals surface area contributed by atoms with Crippen molar-refractivity contribution < 1.29 is 9.90 Å². The topological polar surface area (TPSA) is 86.3 Å². The lowest BCUT2D eigenvalue weighted by Crippen LogP contribution is -2.31. The van der Waals surface area contributed by atoms with E-state index in [1.54, 1.807) is 31.3 Å². The third kappa shape index (κ3) is 2.10. The predicted molar refractivity (Wildman–Crippen MR) is 66.4 cm³/mol. The van der Waals surface area contributed by atoms with Crippen LogP contribution in [0, 0.1) is 0 Å². The maximum Gasteiger partial charge on any atom is 0.274 e. The lowest BCUT2D eigenvalue weighted by atomic mass is 10.1. The Kier molecular flexibility index (Phi) is 3.38. The highest BCUT2D eigenvalue weighted by atomic mass is 16.3. The van der Waals surface area contributed by atoms with Crippen molar-refractivity contribution in [1.29, 1.82) is 0 Å². The Balaban J connectivity index is 2.55. The number of fused-ring (bicyclic) bond motifs is 1. The zero-order chi connectivity index (χ0) is 13.1.